The lowest BCUT2D eigenvalue weighted by Crippen LogP contribution is -2.26. The number of benzene rings is 1. The van der Waals surface area contributed by atoms with Crippen LogP contribution in [0.4, 0.5) is 0 Å². The maximum absolute atomic E-state index is 13.1. The van der Waals surface area contributed by atoms with E-state index in [1.54, 1.807) is 0 Å². The number of aromatic nitrogens is 1. The lowest BCUT2D eigenvalue weighted by molar-refractivity contribution is 0.163. The predicted molar refractivity (Wildman–Crippen MR) is 97.5 cm³/mol. The first-order valence-electron chi connectivity index (χ1n) is 7.88. The van der Waals surface area contributed by atoms with E-state index in [-0.39, 0.29) is 5.56 Å². The molecule has 2 aliphatic carbocycles. The molecule has 3 heteroatoms. The van der Waals surface area contributed by atoms with Crippen LogP contribution in [-0.4, -0.2) is 11.8 Å². The average Bonchev–Trinajstić information content (AvgIpc) is 2.86. The molecule has 0 amide bonds. The van der Waals surface area contributed by atoms with Gasteiger partial charge in [0.1, 0.15) is 7.11 Å². The summed E-state index contributed by atoms with van der Waals surface area (Å²) < 4.78 is 1.37. The van der Waals surface area contributed by atoms with Crippen molar-refractivity contribution in [3.63, 3.8) is 0 Å². The normalized spacial score (nSPS) is 11.1. The molecule has 0 saturated carbocycles. The summed E-state index contributed by atoms with van der Waals surface area (Å²) in [6, 6.07) is 22.1. The Hall–Kier alpha value is -3.07. The molecule has 1 aromatic carbocycles. The molecule has 0 radical (unpaired) electrons. The molecule has 0 unspecified atom stereocenters. The molecule has 0 fully saturated rings. The van der Waals surface area contributed by atoms with Gasteiger partial charge in [-0.1, -0.05) is 60.2 Å². The zero-order valence-corrected chi connectivity index (χ0v) is 13.6. The van der Waals surface area contributed by atoms with Gasteiger partial charge in [0.05, 0.1) is 11.1 Å². The Kier molecular flexibility index (Phi) is 3.35. The third-order valence-corrected chi connectivity index (χ3v) is 4.38. The minimum Gasteiger partial charge on any atom is -0.413 e. The summed E-state index contributed by atoms with van der Waals surface area (Å²) in [5, 5.41) is 1.63. The molecular weight excluding hydrogens is 298 g/mol. The number of pyridine rings is 1. The summed E-state index contributed by atoms with van der Waals surface area (Å²) in [6.45, 7) is 2.04. The molecule has 1 heterocycles. The van der Waals surface area contributed by atoms with E-state index < -0.39 is 0 Å². The number of hydrogen-bond donors (Lipinski definition) is 0. The molecule has 0 spiro atoms. The molecule has 24 heavy (non-hydrogen) atoms. The van der Waals surface area contributed by atoms with E-state index in [0.717, 1.165) is 33.3 Å². The molecule has 3 nitrogen and oxygen atoms in total. The van der Waals surface area contributed by atoms with Gasteiger partial charge in [-0.2, -0.15) is 0 Å². The van der Waals surface area contributed by atoms with Gasteiger partial charge in [-0.15, -0.1) is 4.73 Å². The molecule has 0 aliphatic heterocycles. The van der Waals surface area contributed by atoms with E-state index in [4.69, 9.17) is 4.84 Å². The van der Waals surface area contributed by atoms with Crippen LogP contribution in [-0.2, 0) is 0 Å². The molecule has 2 aliphatic rings. The van der Waals surface area contributed by atoms with Crippen molar-refractivity contribution >= 4 is 10.8 Å². The van der Waals surface area contributed by atoms with Crippen molar-refractivity contribution < 1.29 is 4.84 Å². The van der Waals surface area contributed by atoms with Crippen LogP contribution in [0.3, 0.4) is 0 Å². The zero-order valence-electron chi connectivity index (χ0n) is 13.6. The quantitative estimate of drug-likeness (QED) is 0.557. The molecule has 4 rings (SSSR count). The van der Waals surface area contributed by atoms with E-state index in [1.807, 2.05) is 55.5 Å². The zero-order chi connectivity index (χ0) is 16.7. The Labute approximate surface area is 140 Å². The van der Waals surface area contributed by atoms with E-state index in [1.165, 1.54) is 11.8 Å². The summed E-state index contributed by atoms with van der Waals surface area (Å²) in [5.41, 5.74) is 4.74. The van der Waals surface area contributed by atoms with Crippen molar-refractivity contribution in [2.45, 2.75) is 6.92 Å². The lowest BCUT2D eigenvalue weighted by atomic mass is 10.1. The number of aryl methyl sites for hydroxylation is 1. The maximum atomic E-state index is 13.1. The largest absolute Gasteiger partial charge is 0.413 e. The maximum Gasteiger partial charge on any atom is 0.292 e. The van der Waals surface area contributed by atoms with Gasteiger partial charge in [0.2, 0.25) is 0 Å². The number of rotatable bonds is 2. The molecule has 0 saturated heterocycles. The first-order chi connectivity index (χ1) is 11.7. The third-order valence-electron chi connectivity index (χ3n) is 4.38. The topological polar surface area (TPSA) is 31.2 Å². The highest BCUT2D eigenvalue weighted by Crippen LogP contribution is 2.33. The standard InChI is InChI=1S/C21H17NO2/c1-14-8-10-16-12-17-13-19(15-6-4-3-5-7-15)22(24-2)21(23)20(17)18(16)11-9-14/h3-13H,1-2H3. The van der Waals surface area contributed by atoms with Crippen LogP contribution in [0.5, 0.6) is 0 Å². The van der Waals surface area contributed by atoms with Crippen LogP contribution in [0, 0.1) is 6.92 Å². The van der Waals surface area contributed by atoms with Crippen molar-refractivity contribution in [2.75, 3.05) is 7.11 Å². The van der Waals surface area contributed by atoms with Crippen LogP contribution in [0.1, 0.15) is 5.56 Å². The van der Waals surface area contributed by atoms with Gasteiger partial charge in [-0.3, -0.25) is 4.79 Å². The van der Waals surface area contributed by atoms with Crippen molar-refractivity contribution in [3.8, 4) is 22.4 Å². The second-order valence-electron chi connectivity index (χ2n) is 5.93. The number of hydrogen-bond acceptors (Lipinski definition) is 2. The van der Waals surface area contributed by atoms with Gasteiger partial charge in [0.25, 0.3) is 5.56 Å². The van der Waals surface area contributed by atoms with E-state index >= 15 is 0 Å². The lowest BCUT2D eigenvalue weighted by Gasteiger charge is -2.11. The summed E-state index contributed by atoms with van der Waals surface area (Å²) >= 11 is 0. The minimum atomic E-state index is -0.132. The first kappa shape index (κ1) is 14.5. The van der Waals surface area contributed by atoms with Crippen LogP contribution in [0.2, 0.25) is 0 Å². The second-order valence-corrected chi connectivity index (χ2v) is 5.93. The van der Waals surface area contributed by atoms with Gasteiger partial charge in [0.15, 0.2) is 0 Å². The fourth-order valence-corrected chi connectivity index (χ4v) is 3.19. The summed E-state index contributed by atoms with van der Waals surface area (Å²) in [6.07, 6.45) is 0. The van der Waals surface area contributed by atoms with Gasteiger partial charge >= 0.3 is 0 Å². The van der Waals surface area contributed by atoms with Gasteiger partial charge in [0, 0.05) is 5.56 Å². The molecule has 0 bridgehead atoms. The minimum absolute atomic E-state index is 0.132. The molecular formula is C21H17NO2. The SMILES string of the molecule is COn1c(-c2ccccc2)cc2cc3ccc(C)ccc-3c2c1=O. The molecule has 0 N–H and O–H groups in total. The number of nitrogens with zero attached hydrogens (tertiary/aromatic N) is 1. The molecule has 0 atom stereocenters. The number of fused-ring (bicyclic) bond motifs is 3. The Balaban J connectivity index is 2.12. The monoisotopic (exact) mass is 315 g/mol. The Bertz CT molecular complexity index is 1060. The van der Waals surface area contributed by atoms with Crippen molar-refractivity contribution in [1.29, 1.82) is 0 Å². The van der Waals surface area contributed by atoms with Crippen LogP contribution < -0.4 is 10.4 Å². The fraction of sp³-hybridized carbons (Fsp3) is 0.0952. The van der Waals surface area contributed by atoms with Crippen molar-refractivity contribution in [2.24, 2.45) is 0 Å². The Morgan fingerprint density at radius 2 is 1.62 bits per heavy atom. The van der Waals surface area contributed by atoms with E-state index in [9.17, 15) is 4.79 Å². The molecule has 118 valence electrons. The average molecular weight is 315 g/mol. The Morgan fingerprint density at radius 1 is 0.875 bits per heavy atom. The van der Waals surface area contributed by atoms with Gasteiger partial charge < -0.3 is 4.84 Å². The van der Waals surface area contributed by atoms with Gasteiger partial charge in [-0.25, -0.2) is 0 Å². The van der Waals surface area contributed by atoms with Crippen LogP contribution in [0.15, 0.2) is 71.5 Å². The highest BCUT2D eigenvalue weighted by molar-refractivity contribution is 6.02. The predicted octanol–water partition coefficient (Wildman–Crippen LogP) is 4.14. The molecule has 2 aromatic rings. The van der Waals surface area contributed by atoms with Crippen LogP contribution >= 0.6 is 0 Å². The first-order valence-corrected chi connectivity index (χ1v) is 7.88. The summed E-state index contributed by atoms with van der Waals surface area (Å²) in [7, 11) is 1.52. The highest BCUT2D eigenvalue weighted by Gasteiger charge is 2.17. The van der Waals surface area contributed by atoms with E-state index in [0.29, 0.717) is 5.39 Å². The molecule has 1 aromatic heterocycles. The van der Waals surface area contributed by atoms with Crippen molar-refractivity contribution in [1.82, 2.24) is 4.73 Å². The summed E-state index contributed by atoms with van der Waals surface area (Å²) in [5.74, 6) is 0. The third kappa shape index (κ3) is 2.17. The van der Waals surface area contributed by atoms with Crippen molar-refractivity contribution in [3.05, 3.63) is 82.6 Å². The smallest absolute Gasteiger partial charge is 0.292 e. The second kappa shape index (κ2) is 5.53. The van der Waals surface area contributed by atoms with Gasteiger partial charge in [-0.05, 0) is 35.6 Å². The summed E-state index contributed by atoms with van der Waals surface area (Å²) in [4.78, 5) is 18.5. The van der Waals surface area contributed by atoms with Crippen LogP contribution in [0.25, 0.3) is 33.2 Å². The Morgan fingerprint density at radius 3 is 2.38 bits per heavy atom. The highest BCUT2D eigenvalue weighted by atomic mass is 16.6. The fourth-order valence-electron chi connectivity index (χ4n) is 3.19. The van der Waals surface area contributed by atoms with E-state index in [2.05, 4.69) is 18.2 Å².